The van der Waals surface area contributed by atoms with Gasteiger partial charge >= 0.3 is 0 Å². The van der Waals surface area contributed by atoms with Gasteiger partial charge in [-0.2, -0.15) is 4.31 Å². The van der Waals surface area contributed by atoms with E-state index in [0.29, 0.717) is 24.9 Å². The molecule has 0 radical (unpaired) electrons. The van der Waals surface area contributed by atoms with Crippen molar-refractivity contribution in [3.63, 3.8) is 0 Å². The first-order valence-electron chi connectivity index (χ1n) is 10.3. The van der Waals surface area contributed by atoms with Crippen molar-refractivity contribution >= 4 is 54.2 Å². The summed E-state index contributed by atoms with van der Waals surface area (Å²) in [6.45, 7) is 5.65. The third-order valence-electron chi connectivity index (χ3n) is 5.07. The molecule has 0 aliphatic carbocycles. The van der Waals surface area contributed by atoms with E-state index in [-0.39, 0.29) is 40.4 Å². The molecule has 10 heteroatoms. The average Bonchev–Trinajstić information content (AvgIpc) is 3.21. The van der Waals surface area contributed by atoms with Crippen molar-refractivity contribution in [3.05, 3.63) is 53.1 Å². The van der Waals surface area contributed by atoms with E-state index in [1.165, 1.54) is 27.8 Å². The lowest BCUT2D eigenvalue weighted by molar-refractivity contribution is 0.0730. The molecule has 0 N–H and O–H groups in total. The summed E-state index contributed by atoms with van der Waals surface area (Å²) >= 11 is 7.70. The van der Waals surface area contributed by atoms with Crippen molar-refractivity contribution in [2.75, 3.05) is 37.7 Å². The Morgan fingerprint density at radius 1 is 1.22 bits per heavy atom. The second-order valence-electron chi connectivity index (χ2n) is 7.94. The fourth-order valence-electron chi connectivity index (χ4n) is 3.50. The Morgan fingerprint density at radius 3 is 2.62 bits per heavy atom. The lowest BCUT2D eigenvalue weighted by Crippen LogP contribution is -2.40. The third kappa shape index (κ3) is 4.67. The van der Waals surface area contributed by atoms with Crippen LogP contribution < -0.4 is 4.90 Å². The van der Waals surface area contributed by atoms with Crippen molar-refractivity contribution in [2.45, 2.75) is 18.7 Å². The number of benzene rings is 2. The molecule has 1 amide bonds. The van der Waals surface area contributed by atoms with Gasteiger partial charge in [-0.1, -0.05) is 48.9 Å². The number of morpholine rings is 1. The highest BCUT2D eigenvalue weighted by Gasteiger charge is 2.30. The van der Waals surface area contributed by atoms with Crippen LogP contribution in [0.15, 0.2) is 47.4 Å². The van der Waals surface area contributed by atoms with Crippen LogP contribution in [0.25, 0.3) is 10.2 Å². The topological polar surface area (TPSA) is 79.8 Å². The molecule has 3 aromatic rings. The highest BCUT2D eigenvalue weighted by Crippen LogP contribution is 2.32. The molecule has 1 aliphatic rings. The number of hydrogen-bond donors (Lipinski definition) is 0. The first kappa shape index (κ1) is 23.1. The summed E-state index contributed by atoms with van der Waals surface area (Å²) < 4.78 is 33.9. The maximum atomic E-state index is 13.5. The van der Waals surface area contributed by atoms with Crippen LogP contribution in [0, 0.1) is 5.92 Å². The highest BCUT2D eigenvalue weighted by molar-refractivity contribution is 7.89. The Kier molecular flexibility index (Phi) is 6.83. The Balaban J connectivity index is 1.72. The molecule has 1 aliphatic heterocycles. The predicted octanol–water partition coefficient (Wildman–Crippen LogP) is 4.27. The standard InChI is InChI=1S/C22H24ClN3O4S2/c1-15(2)14-26(22-24-18-5-3-4-6-19(18)31-22)21(27)16-7-8-17(23)20(13-16)32(28,29)25-9-11-30-12-10-25/h3-8,13,15H,9-12,14H2,1-2H3. The highest BCUT2D eigenvalue weighted by atomic mass is 35.5. The minimum absolute atomic E-state index is 0.0688. The Bertz CT molecular complexity index is 1200. The molecular weight excluding hydrogens is 470 g/mol. The number of fused-ring (bicyclic) bond motifs is 1. The molecule has 0 saturated carbocycles. The number of ether oxygens (including phenoxy) is 1. The van der Waals surface area contributed by atoms with Crippen LogP contribution in [-0.2, 0) is 14.8 Å². The number of carbonyl (C=O) groups excluding carboxylic acids is 1. The second kappa shape index (κ2) is 9.44. The Morgan fingerprint density at radius 2 is 1.94 bits per heavy atom. The van der Waals surface area contributed by atoms with Gasteiger partial charge in [-0.05, 0) is 36.2 Å². The number of sulfonamides is 1. The summed E-state index contributed by atoms with van der Waals surface area (Å²) in [5.41, 5.74) is 1.07. The molecule has 4 rings (SSSR count). The van der Waals surface area contributed by atoms with E-state index in [9.17, 15) is 13.2 Å². The van der Waals surface area contributed by atoms with Gasteiger partial charge in [0.05, 0.1) is 28.5 Å². The zero-order chi connectivity index (χ0) is 22.9. The first-order valence-corrected chi connectivity index (χ1v) is 13.0. The molecule has 0 unspecified atom stereocenters. The molecule has 0 bridgehead atoms. The van der Waals surface area contributed by atoms with E-state index < -0.39 is 10.0 Å². The van der Waals surface area contributed by atoms with Crippen LogP contribution >= 0.6 is 22.9 Å². The van der Waals surface area contributed by atoms with Crippen molar-refractivity contribution in [2.24, 2.45) is 5.92 Å². The lowest BCUT2D eigenvalue weighted by Gasteiger charge is -2.27. The normalized spacial score (nSPS) is 15.4. The summed E-state index contributed by atoms with van der Waals surface area (Å²) in [6, 6.07) is 12.1. The fourth-order valence-corrected chi connectivity index (χ4v) is 6.39. The minimum atomic E-state index is -3.84. The van der Waals surface area contributed by atoms with E-state index >= 15 is 0 Å². The number of rotatable bonds is 6. The Hall–Kier alpha value is -2.04. The van der Waals surface area contributed by atoms with E-state index in [1.54, 1.807) is 11.0 Å². The second-order valence-corrected chi connectivity index (χ2v) is 11.3. The molecule has 2 aromatic carbocycles. The summed E-state index contributed by atoms with van der Waals surface area (Å²) in [4.78, 5) is 19.7. The lowest BCUT2D eigenvalue weighted by atomic mass is 10.1. The number of aromatic nitrogens is 1. The largest absolute Gasteiger partial charge is 0.379 e. The number of nitrogens with zero attached hydrogens (tertiary/aromatic N) is 3. The van der Waals surface area contributed by atoms with Gasteiger partial charge in [0.15, 0.2) is 5.13 Å². The molecule has 2 heterocycles. The molecule has 1 fully saturated rings. The smallest absolute Gasteiger partial charge is 0.260 e. The van der Waals surface area contributed by atoms with Crippen LogP contribution in [0.2, 0.25) is 5.02 Å². The summed E-state index contributed by atoms with van der Waals surface area (Å²) in [7, 11) is -3.84. The predicted molar refractivity (Wildman–Crippen MR) is 127 cm³/mol. The van der Waals surface area contributed by atoms with Crippen molar-refractivity contribution < 1.29 is 17.9 Å². The summed E-state index contributed by atoms with van der Waals surface area (Å²) in [5, 5.41) is 0.667. The minimum Gasteiger partial charge on any atom is -0.379 e. The molecule has 32 heavy (non-hydrogen) atoms. The number of thiazole rings is 1. The van der Waals surface area contributed by atoms with Gasteiger partial charge in [0.25, 0.3) is 5.91 Å². The number of halogens is 1. The number of anilines is 1. The number of amides is 1. The quantitative estimate of drug-likeness (QED) is 0.512. The van der Waals surface area contributed by atoms with Gasteiger partial charge in [0.2, 0.25) is 10.0 Å². The molecule has 1 saturated heterocycles. The maximum absolute atomic E-state index is 13.5. The molecule has 170 valence electrons. The van der Waals surface area contributed by atoms with Crippen molar-refractivity contribution in [1.29, 1.82) is 0 Å². The molecule has 0 atom stereocenters. The van der Waals surface area contributed by atoms with Crippen LogP contribution in [0.4, 0.5) is 5.13 Å². The van der Waals surface area contributed by atoms with Crippen LogP contribution in [0.3, 0.4) is 0 Å². The monoisotopic (exact) mass is 493 g/mol. The van der Waals surface area contributed by atoms with Crippen LogP contribution in [0.5, 0.6) is 0 Å². The number of carbonyl (C=O) groups is 1. The van der Waals surface area contributed by atoms with Crippen LogP contribution in [0.1, 0.15) is 24.2 Å². The van der Waals surface area contributed by atoms with E-state index in [0.717, 1.165) is 10.2 Å². The number of hydrogen-bond acceptors (Lipinski definition) is 6. The number of para-hydroxylation sites is 1. The molecule has 1 aromatic heterocycles. The van der Waals surface area contributed by atoms with Gasteiger partial charge in [0, 0.05) is 25.2 Å². The first-order chi connectivity index (χ1) is 15.3. The van der Waals surface area contributed by atoms with Gasteiger partial charge in [-0.3, -0.25) is 9.69 Å². The van der Waals surface area contributed by atoms with E-state index in [4.69, 9.17) is 16.3 Å². The maximum Gasteiger partial charge on any atom is 0.260 e. The van der Waals surface area contributed by atoms with Gasteiger partial charge in [0.1, 0.15) is 4.90 Å². The molecule has 7 nitrogen and oxygen atoms in total. The van der Waals surface area contributed by atoms with Crippen molar-refractivity contribution in [1.82, 2.24) is 9.29 Å². The van der Waals surface area contributed by atoms with Crippen LogP contribution in [-0.4, -0.2) is 56.5 Å². The zero-order valence-electron chi connectivity index (χ0n) is 17.8. The van der Waals surface area contributed by atoms with Gasteiger partial charge in [-0.25, -0.2) is 13.4 Å². The fraction of sp³-hybridized carbons (Fsp3) is 0.364. The molecular formula is C22H24ClN3O4S2. The van der Waals surface area contributed by atoms with Gasteiger partial charge in [-0.15, -0.1) is 0 Å². The summed E-state index contributed by atoms with van der Waals surface area (Å²) in [5.74, 6) is -0.123. The summed E-state index contributed by atoms with van der Waals surface area (Å²) in [6.07, 6.45) is 0. The third-order valence-corrected chi connectivity index (χ3v) is 8.51. The van der Waals surface area contributed by atoms with E-state index in [1.807, 2.05) is 38.1 Å². The SMILES string of the molecule is CC(C)CN(C(=O)c1ccc(Cl)c(S(=O)(=O)N2CCOCC2)c1)c1nc2ccccc2s1. The zero-order valence-corrected chi connectivity index (χ0v) is 20.2. The Labute approximate surface area is 196 Å². The molecule has 0 spiro atoms. The van der Waals surface area contributed by atoms with E-state index in [2.05, 4.69) is 4.98 Å². The van der Waals surface area contributed by atoms with Gasteiger partial charge < -0.3 is 4.74 Å². The average molecular weight is 494 g/mol. The van der Waals surface area contributed by atoms with Crippen molar-refractivity contribution in [3.8, 4) is 0 Å².